The molecular formula is C19H18ClN3O5. The predicted octanol–water partition coefficient (Wildman–Crippen LogP) is 2.89. The molecule has 0 unspecified atom stereocenters. The van der Waals surface area contributed by atoms with Crippen LogP contribution in [-0.4, -0.2) is 58.6 Å². The van der Waals surface area contributed by atoms with Crippen LogP contribution in [0, 0.1) is 6.92 Å². The van der Waals surface area contributed by atoms with Gasteiger partial charge in [-0.25, -0.2) is 9.69 Å². The van der Waals surface area contributed by atoms with Gasteiger partial charge in [0.2, 0.25) is 0 Å². The fraction of sp³-hybridized carbons (Fsp3) is 0.368. The Morgan fingerprint density at radius 1 is 1.21 bits per heavy atom. The molecule has 146 valence electrons. The van der Waals surface area contributed by atoms with Crippen molar-refractivity contribution in [3.8, 4) is 11.3 Å². The number of piperidine rings is 1. The lowest BCUT2D eigenvalue weighted by atomic mass is 10.0. The van der Waals surface area contributed by atoms with E-state index >= 15 is 0 Å². The Balaban J connectivity index is 1.53. The van der Waals surface area contributed by atoms with Crippen LogP contribution in [-0.2, 0) is 9.53 Å². The first-order chi connectivity index (χ1) is 13.5. The van der Waals surface area contributed by atoms with Crippen molar-refractivity contribution in [3.05, 3.63) is 40.6 Å². The van der Waals surface area contributed by atoms with Crippen molar-refractivity contribution in [3.63, 3.8) is 0 Å². The molecule has 9 heteroatoms. The van der Waals surface area contributed by atoms with E-state index in [4.69, 9.17) is 20.9 Å². The molecule has 4 rings (SSSR count). The summed E-state index contributed by atoms with van der Waals surface area (Å²) in [6.07, 6.45) is 0.391. The van der Waals surface area contributed by atoms with Gasteiger partial charge >= 0.3 is 6.09 Å². The summed E-state index contributed by atoms with van der Waals surface area (Å²) in [6, 6.07) is 6.88. The fourth-order valence-electron chi connectivity index (χ4n) is 3.66. The number of amides is 3. The number of hydrogen-bond acceptors (Lipinski definition) is 6. The Labute approximate surface area is 166 Å². The van der Waals surface area contributed by atoms with Gasteiger partial charge in [-0.2, -0.15) is 0 Å². The van der Waals surface area contributed by atoms with Gasteiger partial charge in [-0.3, -0.25) is 9.59 Å². The van der Waals surface area contributed by atoms with Gasteiger partial charge in [0.25, 0.3) is 11.8 Å². The Bertz CT molecular complexity index is 933. The molecule has 2 saturated heterocycles. The summed E-state index contributed by atoms with van der Waals surface area (Å²) in [7, 11) is 0. The van der Waals surface area contributed by atoms with E-state index < -0.39 is 6.09 Å². The second-order valence-electron chi connectivity index (χ2n) is 6.78. The number of aromatic nitrogens is 1. The number of carbonyl (C=O) groups is 3. The van der Waals surface area contributed by atoms with E-state index in [1.54, 1.807) is 30.0 Å². The van der Waals surface area contributed by atoms with Crippen LogP contribution >= 0.6 is 11.6 Å². The van der Waals surface area contributed by atoms with Crippen LogP contribution in [0.3, 0.4) is 0 Å². The number of nitrogens with zero attached hydrogens (tertiary/aromatic N) is 3. The zero-order chi connectivity index (χ0) is 19.8. The summed E-state index contributed by atoms with van der Waals surface area (Å²) in [5.41, 5.74) is 1.42. The van der Waals surface area contributed by atoms with Crippen molar-refractivity contribution in [2.75, 3.05) is 19.7 Å². The van der Waals surface area contributed by atoms with Gasteiger partial charge in [0, 0.05) is 24.7 Å². The van der Waals surface area contributed by atoms with Crippen LogP contribution in [0.2, 0.25) is 5.02 Å². The van der Waals surface area contributed by atoms with E-state index in [0.29, 0.717) is 53.5 Å². The van der Waals surface area contributed by atoms with E-state index in [-0.39, 0.29) is 24.5 Å². The first-order valence-corrected chi connectivity index (χ1v) is 9.34. The highest BCUT2D eigenvalue weighted by Crippen LogP contribution is 2.32. The number of rotatable bonds is 3. The molecule has 28 heavy (non-hydrogen) atoms. The molecular weight excluding hydrogens is 386 g/mol. The average Bonchev–Trinajstić information content (AvgIpc) is 3.24. The number of ether oxygens (including phenoxy) is 1. The number of likely N-dealkylation sites (tertiary alicyclic amines) is 1. The molecule has 0 atom stereocenters. The highest BCUT2D eigenvalue weighted by Gasteiger charge is 2.39. The van der Waals surface area contributed by atoms with Crippen LogP contribution < -0.4 is 0 Å². The molecule has 0 saturated carbocycles. The van der Waals surface area contributed by atoms with Crippen molar-refractivity contribution in [2.24, 2.45) is 0 Å². The Morgan fingerprint density at radius 3 is 2.57 bits per heavy atom. The SMILES string of the molecule is Cc1onc(-c2ccccc2Cl)c1C(=O)N1CCC(N2C(=O)COC2=O)CC1. The monoisotopic (exact) mass is 403 g/mol. The summed E-state index contributed by atoms with van der Waals surface area (Å²) in [6.45, 7) is 2.30. The van der Waals surface area contributed by atoms with Crippen molar-refractivity contribution in [1.29, 1.82) is 0 Å². The average molecular weight is 404 g/mol. The van der Waals surface area contributed by atoms with Crippen LogP contribution in [0.25, 0.3) is 11.3 Å². The maximum Gasteiger partial charge on any atom is 0.417 e. The molecule has 1 aromatic carbocycles. The minimum absolute atomic E-state index is 0.206. The van der Waals surface area contributed by atoms with Gasteiger partial charge in [0.1, 0.15) is 17.0 Å². The molecule has 3 heterocycles. The molecule has 0 aliphatic carbocycles. The van der Waals surface area contributed by atoms with Crippen molar-refractivity contribution in [2.45, 2.75) is 25.8 Å². The maximum atomic E-state index is 13.2. The van der Waals surface area contributed by atoms with Gasteiger partial charge in [-0.1, -0.05) is 35.0 Å². The van der Waals surface area contributed by atoms with Gasteiger partial charge in [0.05, 0.1) is 5.02 Å². The minimum atomic E-state index is -0.606. The number of benzene rings is 1. The van der Waals surface area contributed by atoms with Gasteiger partial charge in [-0.15, -0.1) is 0 Å². The van der Waals surface area contributed by atoms with Gasteiger partial charge in [-0.05, 0) is 25.8 Å². The normalized spacial score (nSPS) is 17.9. The number of carbonyl (C=O) groups excluding carboxylic acids is 3. The third kappa shape index (κ3) is 3.13. The second kappa shape index (κ2) is 7.27. The van der Waals surface area contributed by atoms with Crippen molar-refractivity contribution in [1.82, 2.24) is 15.0 Å². The van der Waals surface area contributed by atoms with Crippen LogP contribution in [0.15, 0.2) is 28.8 Å². The zero-order valence-corrected chi connectivity index (χ0v) is 15.9. The van der Waals surface area contributed by atoms with Gasteiger partial charge < -0.3 is 14.2 Å². The lowest BCUT2D eigenvalue weighted by Crippen LogP contribution is -2.48. The Kier molecular flexibility index (Phi) is 4.80. The van der Waals surface area contributed by atoms with Gasteiger partial charge in [0.15, 0.2) is 6.61 Å². The highest BCUT2D eigenvalue weighted by molar-refractivity contribution is 6.33. The number of hydrogen-bond donors (Lipinski definition) is 0. The number of halogens is 1. The molecule has 2 aliphatic heterocycles. The molecule has 8 nitrogen and oxygen atoms in total. The zero-order valence-electron chi connectivity index (χ0n) is 15.2. The number of cyclic esters (lactones) is 1. The predicted molar refractivity (Wildman–Crippen MR) is 98.8 cm³/mol. The van der Waals surface area contributed by atoms with E-state index in [2.05, 4.69) is 5.16 Å². The van der Waals surface area contributed by atoms with Crippen LogP contribution in [0.1, 0.15) is 29.0 Å². The van der Waals surface area contributed by atoms with Crippen LogP contribution in [0.5, 0.6) is 0 Å². The van der Waals surface area contributed by atoms with E-state index in [1.807, 2.05) is 6.07 Å². The largest absolute Gasteiger partial charge is 0.439 e. The Morgan fingerprint density at radius 2 is 1.93 bits per heavy atom. The first-order valence-electron chi connectivity index (χ1n) is 8.96. The topological polar surface area (TPSA) is 93.0 Å². The molecule has 0 bridgehead atoms. The molecule has 0 radical (unpaired) electrons. The maximum absolute atomic E-state index is 13.2. The van der Waals surface area contributed by atoms with Crippen molar-refractivity contribution < 1.29 is 23.6 Å². The third-order valence-corrected chi connectivity index (χ3v) is 5.44. The molecule has 2 aliphatic rings. The minimum Gasteiger partial charge on any atom is -0.439 e. The number of imide groups is 1. The molecule has 2 fully saturated rings. The van der Waals surface area contributed by atoms with E-state index in [9.17, 15) is 14.4 Å². The first kappa shape index (κ1) is 18.5. The van der Waals surface area contributed by atoms with Crippen molar-refractivity contribution >= 4 is 29.5 Å². The molecule has 0 spiro atoms. The lowest BCUT2D eigenvalue weighted by Gasteiger charge is -2.34. The molecule has 1 aromatic heterocycles. The standard InChI is InChI=1S/C19H18ClN3O5/c1-11-16(17(21-28-11)13-4-2-3-5-14(13)20)18(25)22-8-6-12(7-9-22)23-15(24)10-27-19(23)26/h2-5,12H,6-10H2,1H3. The van der Waals surface area contributed by atoms with Crippen LogP contribution in [0.4, 0.5) is 4.79 Å². The number of aryl methyl sites for hydroxylation is 1. The summed E-state index contributed by atoms with van der Waals surface area (Å²) >= 11 is 6.26. The fourth-order valence-corrected chi connectivity index (χ4v) is 3.89. The third-order valence-electron chi connectivity index (χ3n) is 5.11. The lowest BCUT2D eigenvalue weighted by molar-refractivity contribution is -0.127. The molecule has 3 amide bonds. The Hall–Kier alpha value is -2.87. The van der Waals surface area contributed by atoms with E-state index in [1.165, 1.54) is 4.90 Å². The molecule has 2 aromatic rings. The smallest absolute Gasteiger partial charge is 0.417 e. The highest BCUT2D eigenvalue weighted by atomic mass is 35.5. The second-order valence-corrected chi connectivity index (χ2v) is 7.19. The summed E-state index contributed by atoms with van der Waals surface area (Å²) in [5.74, 6) is -0.117. The summed E-state index contributed by atoms with van der Waals surface area (Å²) < 4.78 is 10.1. The molecule has 0 N–H and O–H groups in total. The summed E-state index contributed by atoms with van der Waals surface area (Å²) in [4.78, 5) is 39.6. The summed E-state index contributed by atoms with van der Waals surface area (Å²) in [5, 5.41) is 4.52. The quantitative estimate of drug-likeness (QED) is 0.782. The van der Waals surface area contributed by atoms with E-state index in [0.717, 1.165) is 0 Å².